The fourth-order valence-electron chi connectivity index (χ4n) is 1.65. The highest BCUT2D eigenvalue weighted by Gasteiger charge is 2.19. The molecule has 0 aromatic carbocycles. The van der Waals surface area contributed by atoms with Crippen LogP contribution < -0.4 is 5.32 Å². The van der Waals surface area contributed by atoms with Crippen molar-refractivity contribution >= 4 is 11.9 Å². The van der Waals surface area contributed by atoms with Gasteiger partial charge in [-0.3, -0.25) is 9.59 Å². The molecule has 0 aliphatic heterocycles. The zero-order valence-corrected chi connectivity index (χ0v) is 11.6. The van der Waals surface area contributed by atoms with E-state index < -0.39 is 11.9 Å². The third kappa shape index (κ3) is 8.98. The molecule has 0 spiro atoms. The molecular weight excluding hydrogens is 234 g/mol. The lowest BCUT2D eigenvalue weighted by Crippen LogP contribution is -2.33. The second-order valence-corrected chi connectivity index (χ2v) is 4.77. The molecule has 0 aliphatic carbocycles. The van der Waals surface area contributed by atoms with Crippen LogP contribution in [0.4, 0.5) is 0 Å². The average molecular weight is 259 g/mol. The standard InChI is InChI=1S/C13H25NO4/c1-4-18-7-5-6-12(15)14-9-11(13(16)17)8-10(2)3/h10-11H,4-9H2,1-3H3,(H,14,15)(H,16,17). The van der Waals surface area contributed by atoms with Crippen molar-refractivity contribution in [1.29, 1.82) is 0 Å². The number of carbonyl (C=O) groups is 2. The van der Waals surface area contributed by atoms with Crippen LogP contribution in [0.25, 0.3) is 0 Å². The molecule has 0 saturated carbocycles. The maximum atomic E-state index is 11.5. The van der Waals surface area contributed by atoms with E-state index in [2.05, 4.69) is 5.32 Å². The lowest BCUT2D eigenvalue weighted by Gasteiger charge is -2.15. The van der Waals surface area contributed by atoms with E-state index in [1.807, 2.05) is 20.8 Å². The summed E-state index contributed by atoms with van der Waals surface area (Å²) in [5.74, 6) is -1.15. The number of nitrogens with one attached hydrogen (secondary N) is 1. The Morgan fingerprint density at radius 3 is 2.50 bits per heavy atom. The summed E-state index contributed by atoms with van der Waals surface area (Å²) >= 11 is 0. The van der Waals surface area contributed by atoms with E-state index in [9.17, 15) is 9.59 Å². The predicted molar refractivity (Wildman–Crippen MR) is 69.3 cm³/mol. The summed E-state index contributed by atoms with van der Waals surface area (Å²) in [7, 11) is 0. The van der Waals surface area contributed by atoms with Crippen molar-refractivity contribution in [2.75, 3.05) is 19.8 Å². The summed E-state index contributed by atoms with van der Waals surface area (Å²) in [4.78, 5) is 22.4. The SMILES string of the molecule is CCOCCCC(=O)NCC(CC(C)C)C(=O)O. The van der Waals surface area contributed by atoms with Crippen molar-refractivity contribution in [3.8, 4) is 0 Å². The molecular formula is C13H25NO4. The minimum absolute atomic E-state index is 0.107. The maximum Gasteiger partial charge on any atom is 0.308 e. The molecule has 5 nitrogen and oxygen atoms in total. The van der Waals surface area contributed by atoms with Gasteiger partial charge in [-0.25, -0.2) is 0 Å². The van der Waals surface area contributed by atoms with E-state index in [1.165, 1.54) is 0 Å². The van der Waals surface area contributed by atoms with E-state index in [1.54, 1.807) is 0 Å². The van der Waals surface area contributed by atoms with Crippen molar-refractivity contribution in [3.63, 3.8) is 0 Å². The molecule has 5 heteroatoms. The molecule has 1 unspecified atom stereocenters. The quantitative estimate of drug-likeness (QED) is 0.585. The van der Waals surface area contributed by atoms with Gasteiger partial charge in [0.05, 0.1) is 5.92 Å². The zero-order valence-electron chi connectivity index (χ0n) is 11.6. The van der Waals surface area contributed by atoms with Crippen LogP contribution in [0, 0.1) is 11.8 Å². The first kappa shape index (κ1) is 16.9. The number of hydrogen-bond donors (Lipinski definition) is 2. The van der Waals surface area contributed by atoms with Crippen LogP contribution in [-0.2, 0) is 14.3 Å². The van der Waals surface area contributed by atoms with Gasteiger partial charge in [0.15, 0.2) is 0 Å². The molecule has 0 aromatic heterocycles. The van der Waals surface area contributed by atoms with Gasteiger partial charge in [-0.05, 0) is 25.7 Å². The van der Waals surface area contributed by atoms with E-state index in [4.69, 9.17) is 9.84 Å². The summed E-state index contributed by atoms with van der Waals surface area (Å²) in [6.45, 7) is 7.28. The van der Waals surface area contributed by atoms with E-state index in [-0.39, 0.29) is 12.5 Å². The van der Waals surface area contributed by atoms with Crippen LogP contribution in [0.15, 0.2) is 0 Å². The van der Waals surface area contributed by atoms with Gasteiger partial charge >= 0.3 is 5.97 Å². The first-order valence-electron chi connectivity index (χ1n) is 6.54. The van der Waals surface area contributed by atoms with Gasteiger partial charge < -0.3 is 15.2 Å². The highest BCUT2D eigenvalue weighted by Crippen LogP contribution is 2.11. The molecule has 0 saturated heterocycles. The minimum atomic E-state index is -0.849. The van der Waals surface area contributed by atoms with Crippen LogP contribution >= 0.6 is 0 Å². The van der Waals surface area contributed by atoms with Gasteiger partial charge in [-0.2, -0.15) is 0 Å². The Kier molecular flexibility index (Phi) is 9.28. The summed E-state index contributed by atoms with van der Waals surface area (Å²) < 4.78 is 5.13. The van der Waals surface area contributed by atoms with Crippen LogP contribution in [0.5, 0.6) is 0 Å². The van der Waals surface area contributed by atoms with Crippen molar-refractivity contribution < 1.29 is 19.4 Å². The summed E-state index contributed by atoms with van der Waals surface area (Å²) in [5.41, 5.74) is 0. The number of amides is 1. The molecule has 0 aromatic rings. The van der Waals surface area contributed by atoms with E-state index >= 15 is 0 Å². The fraction of sp³-hybridized carbons (Fsp3) is 0.846. The molecule has 0 fully saturated rings. The third-order valence-corrected chi connectivity index (χ3v) is 2.55. The van der Waals surface area contributed by atoms with Crippen LogP contribution in [-0.4, -0.2) is 36.7 Å². The minimum Gasteiger partial charge on any atom is -0.481 e. The Balaban J connectivity index is 3.82. The Hall–Kier alpha value is -1.10. The van der Waals surface area contributed by atoms with Crippen LogP contribution in [0.1, 0.15) is 40.0 Å². The zero-order chi connectivity index (χ0) is 14.0. The smallest absolute Gasteiger partial charge is 0.308 e. The molecule has 1 atom stereocenters. The predicted octanol–water partition coefficient (Wildman–Crippen LogP) is 1.67. The Labute approximate surface area is 109 Å². The lowest BCUT2D eigenvalue weighted by molar-refractivity contribution is -0.142. The number of carboxylic acid groups (broad SMARTS) is 1. The molecule has 0 rings (SSSR count). The second-order valence-electron chi connectivity index (χ2n) is 4.77. The highest BCUT2D eigenvalue weighted by molar-refractivity contribution is 5.77. The number of carbonyl (C=O) groups excluding carboxylic acids is 1. The molecule has 2 N–H and O–H groups in total. The van der Waals surface area contributed by atoms with Gasteiger partial charge in [0.25, 0.3) is 0 Å². The topological polar surface area (TPSA) is 75.6 Å². The molecule has 0 heterocycles. The van der Waals surface area contributed by atoms with Gasteiger partial charge in [0.2, 0.25) is 5.91 Å². The molecule has 0 bridgehead atoms. The number of aliphatic carboxylic acids is 1. The van der Waals surface area contributed by atoms with Crippen LogP contribution in [0.3, 0.4) is 0 Å². The average Bonchev–Trinajstić information content (AvgIpc) is 2.29. The number of hydrogen-bond acceptors (Lipinski definition) is 3. The van der Waals surface area contributed by atoms with Crippen LogP contribution in [0.2, 0.25) is 0 Å². The fourth-order valence-corrected chi connectivity index (χ4v) is 1.65. The summed E-state index contributed by atoms with van der Waals surface area (Å²) in [6, 6.07) is 0. The van der Waals surface area contributed by atoms with E-state index in [0.29, 0.717) is 38.4 Å². The van der Waals surface area contributed by atoms with Gasteiger partial charge in [-0.15, -0.1) is 0 Å². The van der Waals surface area contributed by atoms with E-state index in [0.717, 1.165) is 0 Å². The largest absolute Gasteiger partial charge is 0.481 e. The van der Waals surface area contributed by atoms with Crippen molar-refractivity contribution in [1.82, 2.24) is 5.32 Å². The summed E-state index contributed by atoms with van der Waals surface area (Å²) in [6.07, 6.45) is 1.63. The number of carboxylic acids is 1. The Morgan fingerprint density at radius 2 is 2.00 bits per heavy atom. The monoisotopic (exact) mass is 259 g/mol. The molecule has 18 heavy (non-hydrogen) atoms. The van der Waals surface area contributed by atoms with Crippen molar-refractivity contribution in [3.05, 3.63) is 0 Å². The number of rotatable bonds is 10. The molecule has 0 radical (unpaired) electrons. The maximum absolute atomic E-state index is 11.5. The highest BCUT2D eigenvalue weighted by atomic mass is 16.5. The Morgan fingerprint density at radius 1 is 1.33 bits per heavy atom. The normalized spacial score (nSPS) is 12.4. The third-order valence-electron chi connectivity index (χ3n) is 2.55. The Bertz CT molecular complexity index is 253. The van der Waals surface area contributed by atoms with Gasteiger partial charge in [0.1, 0.15) is 0 Å². The second kappa shape index (κ2) is 9.88. The molecule has 1 amide bonds. The van der Waals surface area contributed by atoms with Crippen molar-refractivity contribution in [2.45, 2.75) is 40.0 Å². The van der Waals surface area contributed by atoms with Gasteiger partial charge in [0, 0.05) is 26.2 Å². The first-order valence-corrected chi connectivity index (χ1v) is 6.54. The summed E-state index contributed by atoms with van der Waals surface area (Å²) in [5, 5.41) is 11.7. The first-order chi connectivity index (χ1) is 8.47. The lowest BCUT2D eigenvalue weighted by atomic mass is 9.97. The molecule has 106 valence electrons. The molecule has 0 aliphatic rings. The van der Waals surface area contributed by atoms with Gasteiger partial charge in [-0.1, -0.05) is 13.8 Å². The number of ether oxygens (including phenoxy) is 1. The van der Waals surface area contributed by atoms with Crippen molar-refractivity contribution in [2.24, 2.45) is 11.8 Å².